The fourth-order valence-corrected chi connectivity index (χ4v) is 3.87. The summed E-state index contributed by atoms with van der Waals surface area (Å²) < 4.78 is 0. The Morgan fingerprint density at radius 2 is 1.95 bits per heavy atom. The van der Waals surface area contributed by atoms with Crippen LogP contribution in [-0.2, 0) is 12.2 Å². The number of rotatable bonds is 5. The molecule has 1 aromatic heterocycles. The summed E-state index contributed by atoms with van der Waals surface area (Å²) in [6.45, 7) is 4.26. The highest BCUT2D eigenvalue weighted by atomic mass is 32.2. The molecule has 1 fully saturated rings. The van der Waals surface area contributed by atoms with Crippen molar-refractivity contribution in [1.82, 2.24) is 9.97 Å². The number of nitrogens with one attached hydrogen (secondary N) is 1. The molecule has 4 heteroatoms. The number of nitrogens with zero attached hydrogens (tertiary/aromatic N) is 2. The van der Waals surface area contributed by atoms with Crippen LogP contribution in [0.15, 0.2) is 0 Å². The SMILES string of the molecule is CCc1nc(CSC2CCCCC2)nc(NC)c1C. The van der Waals surface area contributed by atoms with Gasteiger partial charge in [0, 0.05) is 23.6 Å². The van der Waals surface area contributed by atoms with Gasteiger partial charge in [-0.2, -0.15) is 11.8 Å². The van der Waals surface area contributed by atoms with E-state index in [1.165, 1.54) is 43.4 Å². The summed E-state index contributed by atoms with van der Waals surface area (Å²) in [4.78, 5) is 9.35. The third-order valence-electron chi connectivity index (χ3n) is 3.86. The molecule has 1 aliphatic carbocycles. The minimum atomic E-state index is 0.821. The number of anilines is 1. The first-order valence-corrected chi connectivity index (χ1v) is 8.45. The molecular formula is C15H25N3S. The second-order valence-corrected chi connectivity index (χ2v) is 6.52. The fraction of sp³-hybridized carbons (Fsp3) is 0.733. The van der Waals surface area contributed by atoms with Crippen molar-refractivity contribution in [2.45, 2.75) is 63.4 Å². The van der Waals surface area contributed by atoms with Crippen molar-refractivity contribution in [2.75, 3.05) is 12.4 Å². The molecule has 0 aromatic carbocycles. The van der Waals surface area contributed by atoms with Gasteiger partial charge in [-0.3, -0.25) is 0 Å². The molecule has 3 nitrogen and oxygen atoms in total. The molecule has 0 aliphatic heterocycles. The Kier molecular flexibility index (Phi) is 5.49. The summed E-state index contributed by atoms with van der Waals surface area (Å²) in [6.07, 6.45) is 7.93. The van der Waals surface area contributed by atoms with Gasteiger partial charge in [-0.05, 0) is 26.2 Å². The van der Waals surface area contributed by atoms with Crippen LogP contribution in [0.4, 0.5) is 5.82 Å². The topological polar surface area (TPSA) is 37.8 Å². The van der Waals surface area contributed by atoms with Gasteiger partial charge in [0.05, 0.1) is 5.75 Å². The zero-order valence-corrected chi connectivity index (χ0v) is 13.1. The molecule has 0 amide bonds. The van der Waals surface area contributed by atoms with Crippen LogP contribution >= 0.6 is 11.8 Å². The van der Waals surface area contributed by atoms with E-state index in [1.54, 1.807) is 0 Å². The standard InChI is InChI=1S/C15H25N3S/c1-4-13-11(2)15(16-3)18-14(17-13)10-19-12-8-6-5-7-9-12/h12H,4-10H2,1-3H3,(H,16,17,18). The first-order valence-electron chi connectivity index (χ1n) is 7.40. The van der Waals surface area contributed by atoms with Crippen molar-refractivity contribution in [2.24, 2.45) is 0 Å². The molecule has 1 saturated carbocycles. The number of thioether (sulfide) groups is 1. The van der Waals surface area contributed by atoms with E-state index in [2.05, 4.69) is 24.1 Å². The molecule has 0 bridgehead atoms. The van der Waals surface area contributed by atoms with Gasteiger partial charge in [0.25, 0.3) is 0 Å². The molecule has 0 spiro atoms. The minimum absolute atomic E-state index is 0.821. The highest BCUT2D eigenvalue weighted by molar-refractivity contribution is 7.99. The van der Waals surface area contributed by atoms with Gasteiger partial charge < -0.3 is 5.32 Å². The third-order valence-corrected chi connectivity index (χ3v) is 5.23. The minimum Gasteiger partial charge on any atom is -0.373 e. The van der Waals surface area contributed by atoms with E-state index < -0.39 is 0 Å². The van der Waals surface area contributed by atoms with Gasteiger partial charge >= 0.3 is 0 Å². The normalized spacial score (nSPS) is 16.6. The van der Waals surface area contributed by atoms with Crippen molar-refractivity contribution in [3.8, 4) is 0 Å². The van der Waals surface area contributed by atoms with Crippen molar-refractivity contribution >= 4 is 17.6 Å². The average molecular weight is 279 g/mol. The van der Waals surface area contributed by atoms with Crippen LogP contribution in [0.25, 0.3) is 0 Å². The summed E-state index contributed by atoms with van der Waals surface area (Å²) in [7, 11) is 1.94. The van der Waals surface area contributed by atoms with Gasteiger partial charge in [0.15, 0.2) is 0 Å². The van der Waals surface area contributed by atoms with E-state index in [0.29, 0.717) is 0 Å². The Labute approximate surface area is 121 Å². The lowest BCUT2D eigenvalue weighted by molar-refractivity contribution is 0.516. The molecule has 1 aliphatic rings. The Morgan fingerprint density at radius 3 is 2.58 bits per heavy atom. The molecule has 0 atom stereocenters. The first-order chi connectivity index (χ1) is 9.24. The summed E-state index contributed by atoms with van der Waals surface area (Å²) in [5.41, 5.74) is 2.37. The lowest BCUT2D eigenvalue weighted by atomic mass is 10.0. The van der Waals surface area contributed by atoms with Crippen LogP contribution < -0.4 is 5.32 Å². The molecule has 0 radical (unpaired) electrons. The van der Waals surface area contributed by atoms with Crippen LogP contribution in [0.3, 0.4) is 0 Å². The maximum absolute atomic E-state index is 4.71. The summed E-state index contributed by atoms with van der Waals surface area (Å²) in [6, 6.07) is 0. The van der Waals surface area contributed by atoms with Crippen LogP contribution in [0.2, 0.25) is 0 Å². The van der Waals surface area contributed by atoms with Crippen molar-refractivity contribution in [1.29, 1.82) is 0 Å². The first kappa shape index (κ1) is 14.6. The average Bonchev–Trinajstić information content (AvgIpc) is 2.47. The monoisotopic (exact) mass is 279 g/mol. The summed E-state index contributed by atoms with van der Waals surface area (Å²) >= 11 is 2.04. The second kappa shape index (κ2) is 7.13. The Hall–Kier alpha value is -0.770. The van der Waals surface area contributed by atoms with Crippen molar-refractivity contribution in [3.05, 3.63) is 17.1 Å². The molecule has 1 N–H and O–H groups in total. The Balaban J connectivity index is 2.02. The van der Waals surface area contributed by atoms with Gasteiger partial charge in [-0.25, -0.2) is 9.97 Å². The highest BCUT2D eigenvalue weighted by Crippen LogP contribution is 2.30. The smallest absolute Gasteiger partial charge is 0.140 e. The summed E-state index contributed by atoms with van der Waals surface area (Å²) in [5, 5.41) is 4.01. The van der Waals surface area contributed by atoms with Gasteiger partial charge in [0.2, 0.25) is 0 Å². The summed E-state index contributed by atoms with van der Waals surface area (Å²) in [5.74, 6) is 2.93. The molecular weight excluding hydrogens is 254 g/mol. The number of hydrogen-bond acceptors (Lipinski definition) is 4. The number of hydrogen-bond donors (Lipinski definition) is 1. The molecule has 0 saturated heterocycles. The van der Waals surface area contributed by atoms with E-state index in [0.717, 1.165) is 29.1 Å². The van der Waals surface area contributed by atoms with E-state index in [-0.39, 0.29) is 0 Å². The van der Waals surface area contributed by atoms with Crippen LogP contribution in [0.5, 0.6) is 0 Å². The van der Waals surface area contributed by atoms with Crippen molar-refractivity contribution in [3.63, 3.8) is 0 Å². The predicted molar refractivity (Wildman–Crippen MR) is 83.9 cm³/mol. The van der Waals surface area contributed by atoms with Crippen LogP contribution in [-0.4, -0.2) is 22.3 Å². The molecule has 1 heterocycles. The number of aryl methyl sites for hydroxylation is 1. The van der Waals surface area contributed by atoms with Gasteiger partial charge in [-0.15, -0.1) is 0 Å². The highest BCUT2D eigenvalue weighted by Gasteiger charge is 2.15. The van der Waals surface area contributed by atoms with Crippen LogP contribution in [0, 0.1) is 6.92 Å². The predicted octanol–water partition coefficient (Wildman–Crippen LogP) is 3.96. The molecule has 1 aromatic rings. The van der Waals surface area contributed by atoms with E-state index >= 15 is 0 Å². The largest absolute Gasteiger partial charge is 0.373 e. The number of aromatic nitrogens is 2. The quantitative estimate of drug-likeness (QED) is 0.885. The third kappa shape index (κ3) is 3.85. The van der Waals surface area contributed by atoms with Gasteiger partial charge in [-0.1, -0.05) is 26.2 Å². The van der Waals surface area contributed by atoms with Crippen LogP contribution in [0.1, 0.15) is 56.1 Å². The lowest BCUT2D eigenvalue weighted by Gasteiger charge is -2.20. The van der Waals surface area contributed by atoms with E-state index in [1.807, 2.05) is 18.8 Å². The maximum atomic E-state index is 4.71. The molecule has 2 rings (SSSR count). The lowest BCUT2D eigenvalue weighted by Crippen LogP contribution is -2.10. The molecule has 19 heavy (non-hydrogen) atoms. The molecule has 106 valence electrons. The Morgan fingerprint density at radius 1 is 1.21 bits per heavy atom. The maximum Gasteiger partial charge on any atom is 0.140 e. The van der Waals surface area contributed by atoms with E-state index in [4.69, 9.17) is 4.98 Å². The fourth-order valence-electron chi connectivity index (χ4n) is 2.69. The van der Waals surface area contributed by atoms with E-state index in [9.17, 15) is 0 Å². The molecule has 0 unspecified atom stereocenters. The zero-order valence-electron chi connectivity index (χ0n) is 12.3. The second-order valence-electron chi connectivity index (χ2n) is 5.23. The van der Waals surface area contributed by atoms with Gasteiger partial charge in [0.1, 0.15) is 11.6 Å². The van der Waals surface area contributed by atoms with Crippen molar-refractivity contribution < 1.29 is 0 Å². The zero-order chi connectivity index (χ0) is 13.7. The Bertz CT molecular complexity index is 389.